The molecule has 0 bridgehead atoms. The first-order valence-electron chi connectivity index (χ1n) is 7.21. The molecule has 0 radical (unpaired) electrons. The van der Waals surface area contributed by atoms with Crippen molar-refractivity contribution in [2.45, 2.75) is 44.9 Å². The van der Waals surface area contributed by atoms with Gasteiger partial charge < -0.3 is 0 Å². The summed E-state index contributed by atoms with van der Waals surface area (Å²) in [5.41, 5.74) is 3.55. The fourth-order valence-electron chi connectivity index (χ4n) is 3.72. The van der Waals surface area contributed by atoms with Gasteiger partial charge in [-0.05, 0) is 29.9 Å². The largest absolute Gasteiger partial charge is 0.281 e. The zero-order valence-corrected chi connectivity index (χ0v) is 11.1. The van der Waals surface area contributed by atoms with E-state index in [2.05, 4.69) is 37.7 Å². The monoisotopic (exact) mass is 258 g/mol. The molecular formula is C13H18N6. The molecule has 6 heteroatoms. The van der Waals surface area contributed by atoms with E-state index in [1.165, 1.54) is 36.9 Å². The molecule has 0 saturated heterocycles. The summed E-state index contributed by atoms with van der Waals surface area (Å²) >= 11 is 0. The van der Waals surface area contributed by atoms with Gasteiger partial charge in [-0.15, -0.1) is 10.2 Å². The highest BCUT2D eigenvalue weighted by atomic mass is 15.5. The Bertz CT molecular complexity index is 572. The maximum atomic E-state index is 4.38. The number of hydrogen-bond acceptors (Lipinski definition) is 4. The van der Waals surface area contributed by atoms with Gasteiger partial charge in [-0.2, -0.15) is 10.3 Å². The number of tetrazole rings is 1. The summed E-state index contributed by atoms with van der Waals surface area (Å²) < 4.78 is 0. The maximum Gasteiger partial charge on any atom is 0.225 e. The lowest BCUT2D eigenvalue weighted by atomic mass is 10.0. The van der Waals surface area contributed by atoms with Gasteiger partial charge in [0.05, 0.1) is 0 Å². The molecule has 0 aliphatic heterocycles. The molecule has 100 valence electrons. The molecule has 2 aliphatic carbocycles. The summed E-state index contributed by atoms with van der Waals surface area (Å²) in [5, 5.41) is 21.7. The van der Waals surface area contributed by atoms with E-state index in [4.69, 9.17) is 0 Å². The van der Waals surface area contributed by atoms with E-state index in [1.54, 1.807) is 0 Å². The minimum Gasteiger partial charge on any atom is -0.281 e. The highest BCUT2D eigenvalue weighted by molar-refractivity contribution is 5.59. The van der Waals surface area contributed by atoms with Gasteiger partial charge in [0.1, 0.15) is 5.69 Å². The molecule has 2 aliphatic rings. The lowest BCUT2D eigenvalue weighted by molar-refractivity contribution is 0.571. The topological polar surface area (TPSA) is 83.1 Å². The third kappa shape index (κ3) is 1.62. The third-order valence-electron chi connectivity index (χ3n) is 4.70. The average Bonchev–Trinajstić information content (AvgIpc) is 2.90. The maximum absolute atomic E-state index is 4.38. The number of rotatable bonds is 5. The van der Waals surface area contributed by atoms with Crippen LogP contribution < -0.4 is 0 Å². The van der Waals surface area contributed by atoms with Crippen LogP contribution in [0.5, 0.6) is 0 Å². The summed E-state index contributed by atoms with van der Waals surface area (Å²) in [6.45, 7) is 2.26. The lowest BCUT2D eigenvalue weighted by Crippen LogP contribution is -1.95. The van der Waals surface area contributed by atoms with Gasteiger partial charge in [0, 0.05) is 17.2 Å². The molecule has 2 N–H and O–H groups in total. The van der Waals surface area contributed by atoms with Crippen LogP contribution in [0.15, 0.2) is 0 Å². The molecule has 19 heavy (non-hydrogen) atoms. The molecule has 4 rings (SSSR count). The third-order valence-corrected chi connectivity index (χ3v) is 4.70. The van der Waals surface area contributed by atoms with Crippen molar-refractivity contribution < 1.29 is 0 Å². The molecule has 0 spiro atoms. The summed E-state index contributed by atoms with van der Waals surface area (Å²) in [4.78, 5) is 0. The number of fused-ring (bicyclic) bond motifs is 3. The van der Waals surface area contributed by atoms with Crippen molar-refractivity contribution in [3.63, 3.8) is 0 Å². The first kappa shape index (κ1) is 11.1. The number of aromatic amines is 2. The van der Waals surface area contributed by atoms with Crippen LogP contribution >= 0.6 is 0 Å². The normalized spacial score (nSPS) is 27.3. The Kier molecular flexibility index (Phi) is 2.43. The Morgan fingerprint density at radius 1 is 1.26 bits per heavy atom. The predicted molar refractivity (Wildman–Crippen MR) is 69.3 cm³/mol. The first-order valence-corrected chi connectivity index (χ1v) is 7.21. The molecule has 0 unspecified atom stereocenters. The van der Waals surface area contributed by atoms with Crippen molar-refractivity contribution in [2.75, 3.05) is 0 Å². The number of nitrogens with zero attached hydrogens (tertiary/aromatic N) is 4. The van der Waals surface area contributed by atoms with Crippen LogP contribution in [0, 0.1) is 11.8 Å². The molecule has 0 aromatic carbocycles. The molecular weight excluding hydrogens is 240 g/mol. The zero-order chi connectivity index (χ0) is 12.8. The van der Waals surface area contributed by atoms with Crippen LogP contribution in [0.1, 0.15) is 49.8 Å². The summed E-state index contributed by atoms with van der Waals surface area (Å²) in [6.07, 6.45) is 6.55. The Morgan fingerprint density at radius 2 is 2.21 bits per heavy atom. The second-order valence-corrected chi connectivity index (χ2v) is 5.75. The highest BCUT2D eigenvalue weighted by Crippen LogP contribution is 2.63. The van der Waals surface area contributed by atoms with Crippen molar-refractivity contribution in [1.82, 2.24) is 30.8 Å². The predicted octanol–water partition coefficient (Wildman–Crippen LogP) is 2.06. The van der Waals surface area contributed by atoms with Gasteiger partial charge >= 0.3 is 0 Å². The second-order valence-electron chi connectivity index (χ2n) is 5.75. The number of aromatic nitrogens is 6. The van der Waals surface area contributed by atoms with Gasteiger partial charge in [0.2, 0.25) is 5.82 Å². The van der Waals surface area contributed by atoms with Gasteiger partial charge in [0.25, 0.3) is 0 Å². The lowest BCUT2D eigenvalue weighted by Gasteiger charge is -2.03. The van der Waals surface area contributed by atoms with Crippen molar-refractivity contribution in [2.24, 2.45) is 11.8 Å². The molecule has 6 nitrogen and oxygen atoms in total. The molecule has 2 aromatic heterocycles. The van der Waals surface area contributed by atoms with Crippen LogP contribution in [0.3, 0.4) is 0 Å². The average molecular weight is 258 g/mol. The first-order chi connectivity index (χ1) is 9.40. The summed E-state index contributed by atoms with van der Waals surface area (Å²) in [5.74, 6) is 3.06. The second kappa shape index (κ2) is 4.15. The molecule has 2 aromatic rings. The molecule has 0 amide bonds. The van der Waals surface area contributed by atoms with Gasteiger partial charge in [-0.3, -0.25) is 5.10 Å². The van der Waals surface area contributed by atoms with E-state index >= 15 is 0 Å². The standard InChI is InChI=1S/C13H18N6/c1-2-3-4-5-7-8-6-9-11(10(7)8)14-15-12(9)13-16-18-19-17-13/h7-8,10H,2-6H2,1H3,(H,14,15)(H,16,17,18,19)/t7-,8-,10+/m1/s1. The van der Waals surface area contributed by atoms with Crippen molar-refractivity contribution in [3.05, 3.63) is 11.3 Å². The quantitative estimate of drug-likeness (QED) is 0.804. The zero-order valence-electron chi connectivity index (χ0n) is 11.1. The van der Waals surface area contributed by atoms with Crippen LogP contribution in [0.4, 0.5) is 0 Å². The van der Waals surface area contributed by atoms with Crippen LogP contribution in [0.2, 0.25) is 0 Å². The smallest absolute Gasteiger partial charge is 0.225 e. The van der Waals surface area contributed by atoms with Gasteiger partial charge in [-0.25, -0.2) is 0 Å². The van der Waals surface area contributed by atoms with Crippen LogP contribution in [-0.2, 0) is 6.42 Å². The minimum atomic E-state index is 0.612. The Hall–Kier alpha value is -1.72. The fraction of sp³-hybridized carbons (Fsp3) is 0.692. The molecule has 2 heterocycles. The minimum absolute atomic E-state index is 0.612. The van der Waals surface area contributed by atoms with Crippen molar-refractivity contribution in [3.8, 4) is 11.5 Å². The number of unbranched alkanes of at least 4 members (excludes halogenated alkanes) is 2. The number of nitrogens with one attached hydrogen (secondary N) is 2. The van der Waals surface area contributed by atoms with E-state index in [9.17, 15) is 0 Å². The summed E-state index contributed by atoms with van der Waals surface area (Å²) in [7, 11) is 0. The van der Waals surface area contributed by atoms with Crippen molar-refractivity contribution >= 4 is 0 Å². The van der Waals surface area contributed by atoms with Gasteiger partial charge in [-0.1, -0.05) is 26.2 Å². The summed E-state index contributed by atoms with van der Waals surface area (Å²) in [6, 6.07) is 0. The molecule has 3 atom stereocenters. The van der Waals surface area contributed by atoms with E-state index in [0.717, 1.165) is 29.9 Å². The van der Waals surface area contributed by atoms with E-state index in [0.29, 0.717) is 5.82 Å². The van der Waals surface area contributed by atoms with Crippen LogP contribution in [-0.4, -0.2) is 30.8 Å². The molecule has 1 fully saturated rings. The van der Waals surface area contributed by atoms with E-state index in [-0.39, 0.29) is 0 Å². The van der Waals surface area contributed by atoms with Crippen LogP contribution in [0.25, 0.3) is 11.5 Å². The highest BCUT2D eigenvalue weighted by Gasteiger charge is 2.56. The van der Waals surface area contributed by atoms with Gasteiger partial charge in [0.15, 0.2) is 0 Å². The number of H-pyrrole nitrogens is 2. The van der Waals surface area contributed by atoms with Crippen molar-refractivity contribution in [1.29, 1.82) is 0 Å². The SMILES string of the molecule is CCCCC[C@@H]1[C@H]2Cc3c(-c4nn[nH]n4)n[nH]c3[C@@H]12. The van der Waals surface area contributed by atoms with E-state index < -0.39 is 0 Å². The number of hydrogen-bond donors (Lipinski definition) is 2. The Labute approximate surface area is 111 Å². The Morgan fingerprint density at radius 3 is 3.00 bits per heavy atom. The molecule has 1 saturated carbocycles. The Balaban J connectivity index is 1.51. The fourth-order valence-corrected chi connectivity index (χ4v) is 3.72. The van der Waals surface area contributed by atoms with E-state index in [1.807, 2.05) is 0 Å².